The van der Waals surface area contributed by atoms with Gasteiger partial charge in [-0.1, -0.05) is 12.7 Å². The molecule has 0 aliphatic heterocycles. The second-order valence-corrected chi connectivity index (χ2v) is 2.78. The first-order valence-corrected chi connectivity index (χ1v) is 3.92. The number of esters is 1. The van der Waals surface area contributed by atoms with Gasteiger partial charge in [0, 0.05) is 0 Å². The third-order valence-electron chi connectivity index (χ3n) is 1.15. The van der Waals surface area contributed by atoms with Crippen LogP contribution in [-0.4, -0.2) is 23.7 Å². The highest BCUT2D eigenvalue weighted by Gasteiger charge is 2.15. The smallest absolute Gasteiger partial charge is 0.308 e. The van der Waals surface area contributed by atoms with Gasteiger partial charge >= 0.3 is 5.97 Å². The topological polar surface area (TPSA) is 43.4 Å². The molecule has 0 rings (SSSR count). The maximum absolute atomic E-state index is 10.8. The van der Waals surface area contributed by atoms with Gasteiger partial charge in [0.25, 0.3) is 0 Å². The summed E-state index contributed by atoms with van der Waals surface area (Å²) in [4.78, 5) is 21.4. The van der Waals surface area contributed by atoms with Gasteiger partial charge in [-0.3, -0.25) is 9.59 Å². The molecule has 1 atom stereocenters. The number of alkyl halides is 1. The summed E-state index contributed by atoms with van der Waals surface area (Å²) in [6, 6.07) is 0. The van der Waals surface area contributed by atoms with Gasteiger partial charge in [0.15, 0.2) is 0 Å². The van der Waals surface area contributed by atoms with Crippen molar-refractivity contribution in [3.63, 3.8) is 0 Å². The lowest BCUT2D eigenvalue weighted by Crippen LogP contribution is -2.17. The van der Waals surface area contributed by atoms with Crippen LogP contribution in [0, 0.1) is 0 Å². The first-order valence-electron chi connectivity index (χ1n) is 3.49. The van der Waals surface area contributed by atoms with Crippen molar-refractivity contribution in [2.75, 3.05) is 6.61 Å². The van der Waals surface area contributed by atoms with E-state index in [1.807, 2.05) is 0 Å². The van der Waals surface area contributed by atoms with Crippen molar-refractivity contribution in [2.24, 2.45) is 0 Å². The first kappa shape index (κ1) is 11.2. The van der Waals surface area contributed by atoms with Gasteiger partial charge in [0.1, 0.15) is 17.8 Å². The number of halogens is 1. The molecular weight excluding hydrogens is 180 g/mol. The molecule has 0 saturated heterocycles. The van der Waals surface area contributed by atoms with E-state index in [4.69, 9.17) is 11.6 Å². The summed E-state index contributed by atoms with van der Waals surface area (Å²) < 4.78 is 4.62. The molecule has 0 radical (unpaired) electrons. The van der Waals surface area contributed by atoms with Crippen molar-refractivity contribution >= 4 is 23.4 Å². The van der Waals surface area contributed by atoms with Gasteiger partial charge in [-0.2, -0.15) is 0 Å². The molecule has 3 nitrogen and oxygen atoms in total. The Morgan fingerprint density at radius 2 is 2.25 bits per heavy atom. The molecule has 0 N–H and O–H groups in total. The zero-order valence-corrected chi connectivity index (χ0v) is 7.63. The largest absolute Gasteiger partial charge is 0.461 e. The molecule has 0 amide bonds. The summed E-state index contributed by atoms with van der Waals surface area (Å²) >= 11 is 5.51. The molecule has 0 bridgehead atoms. The predicted octanol–water partition coefficient (Wildman–Crippen LogP) is 1.30. The minimum absolute atomic E-state index is 0.0786. The number of ketones is 1. The fraction of sp³-hybridized carbons (Fsp3) is 0.500. The average molecular weight is 191 g/mol. The van der Waals surface area contributed by atoms with Crippen molar-refractivity contribution in [3.8, 4) is 0 Å². The van der Waals surface area contributed by atoms with Crippen molar-refractivity contribution in [2.45, 2.75) is 18.7 Å². The minimum Gasteiger partial charge on any atom is -0.461 e. The fourth-order valence-corrected chi connectivity index (χ4v) is 0.627. The molecule has 0 spiro atoms. The predicted molar refractivity (Wildman–Crippen MR) is 46.1 cm³/mol. The van der Waals surface area contributed by atoms with Crippen molar-refractivity contribution in [1.29, 1.82) is 0 Å². The second kappa shape index (κ2) is 5.77. The number of carbonyl (C=O) groups is 2. The lowest BCUT2D eigenvalue weighted by molar-refractivity contribution is -0.143. The molecule has 1 unspecified atom stereocenters. The molecule has 0 heterocycles. The van der Waals surface area contributed by atoms with Crippen molar-refractivity contribution in [3.05, 3.63) is 12.7 Å². The highest BCUT2D eigenvalue weighted by molar-refractivity contribution is 6.31. The zero-order valence-electron chi connectivity index (χ0n) is 6.88. The monoisotopic (exact) mass is 190 g/mol. The SMILES string of the molecule is C=CCOC(=O)CC(Cl)C(C)=O. The molecular formula is C8H11ClO3. The number of carbonyl (C=O) groups excluding carboxylic acids is 2. The minimum atomic E-state index is -0.776. The summed E-state index contributed by atoms with van der Waals surface area (Å²) in [5.74, 6) is -0.711. The molecule has 12 heavy (non-hydrogen) atoms. The highest BCUT2D eigenvalue weighted by Crippen LogP contribution is 2.04. The van der Waals surface area contributed by atoms with Crippen LogP contribution in [0.25, 0.3) is 0 Å². The van der Waals surface area contributed by atoms with Crippen molar-refractivity contribution in [1.82, 2.24) is 0 Å². The summed E-state index contributed by atoms with van der Waals surface area (Å²) in [6.45, 7) is 4.85. The van der Waals surface area contributed by atoms with Gasteiger partial charge in [-0.25, -0.2) is 0 Å². The molecule has 0 aliphatic rings. The van der Waals surface area contributed by atoms with Crippen LogP contribution in [0.1, 0.15) is 13.3 Å². The number of rotatable bonds is 5. The van der Waals surface area contributed by atoms with E-state index < -0.39 is 11.3 Å². The number of Topliss-reactive ketones (excluding diaryl/α,β-unsaturated/α-hetero) is 1. The standard InChI is InChI=1S/C8H11ClO3/c1-3-4-12-8(11)5-7(9)6(2)10/h3,7H,1,4-5H2,2H3. The molecule has 0 saturated carbocycles. The molecule has 0 aromatic rings. The van der Waals surface area contributed by atoms with Gasteiger partial charge in [0.2, 0.25) is 0 Å². The van der Waals surface area contributed by atoms with E-state index in [0.29, 0.717) is 0 Å². The third-order valence-corrected chi connectivity index (χ3v) is 1.61. The molecule has 68 valence electrons. The Kier molecular flexibility index (Phi) is 5.37. The van der Waals surface area contributed by atoms with Crippen LogP contribution in [-0.2, 0) is 14.3 Å². The van der Waals surface area contributed by atoms with E-state index in [2.05, 4.69) is 11.3 Å². The van der Waals surface area contributed by atoms with Gasteiger partial charge in [-0.15, -0.1) is 11.6 Å². The van der Waals surface area contributed by atoms with Crippen LogP contribution in [0.2, 0.25) is 0 Å². The second-order valence-electron chi connectivity index (χ2n) is 2.25. The first-order chi connectivity index (χ1) is 5.57. The van der Waals surface area contributed by atoms with Crippen LogP contribution >= 0.6 is 11.6 Å². The Hall–Kier alpha value is -0.830. The van der Waals surface area contributed by atoms with E-state index in [9.17, 15) is 9.59 Å². The number of ether oxygens (including phenoxy) is 1. The lowest BCUT2D eigenvalue weighted by Gasteiger charge is -2.04. The lowest BCUT2D eigenvalue weighted by atomic mass is 10.2. The summed E-state index contributed by atoms with van der Waals surface area (Å²) in [6.07, 6.45) is 1.37. The molecule has 0 fully saturated rings. The average Bonchev–Trinajstić information content (AvgIpc) is 2.00. The molecule has 0 aliphatic carbocycles. The van der Waals surface area contributed by atoms with E-state index in [1.165, 1.54) is 13.0 Å². The summed E-state index contributed by atoms with van der Waals surface area (Å²) in [5.41, 5.74) is 0. The zero-order chi connectivity index (χ0) is 9.56. The van der Waals surface area contributed by atoms with Crippen molar-refractivity contribution < 1.29 is 14.3 Å². The van der Waals surface area contributed by atoms with Gasteiger partial charge in [-0.05, 0) is 6.92 Å². The molecule has 0 aromatic carbocycles. The third kappa shape index (κ3) is 4.91. The Bertz CT molecular complexity index is 189. The Morgan fingerprint density at radius 1 is 1.67 bits per heavy atom. The highest BCUT2D eigenvalue weighted by atomic mass is 35.5. The van der Waals surface area contributed by atoms with Crippen LogP contribution < -0.4 is 0 Å². The van der Waals surface area contributed by atoms with E-state index in [1.54, 1.807) is 0 Å². The molecule has 0 aromatic heterocycles. The number of hydrogen-bond acceptors (Lipinski definition) is 3. The number of hydrogen-bond donors (Lipinski definition) is 0. The maximum Gasteiger partial charge on any atom is 0.308 e. The van der Waals surface area contributed by atoms with E-state index in [-0.39, 0.29) is 18.8 Å². The fourth-order valence-electron chi connectivity index (χ4n) is 0.501. The van der Waals surface area contributed by atoms with Crippen LogP contribution in [0.4, 0.5) is 0 Å². The van der Waals surface area contributed by atoms with E-state index in [0.717, 1.165) is 0 Å². The summed E-state index contributed by atoms with van der Waals surface area (Å²) in [5, 5.41) is -0.776. The normalized spacial score (nSPS) is 11.8. The van der Waals surface area contributed by atoms with Gasteiger partial charge < -0.3 is 4.74 Å². The van der Waals surface area contributed by atoms with Crippen LogP contribution in [0.3, 0.4) is 0 Å². The molecule has 4 heteroatoms. The Morgan fingerprint density at radius 3 is 2.67 bits per heavy atom. The van der Waals surface area contributed by atoms with Gasteiger partial charge in [0.05, 0.1) is 6.42 Å². The maximum atomic E-state index is 10.8. The summed E-state index contributed by atoms with van der Waals surface area (Å²) in [7, 11) is 0. The Labute approximate surface area is 76.3 Å². The van der Waals surface area contributed by atoms with Crippen LogP contribution in [0.15, 0.2) is 12.7 Å². The quantitative estimate of drug-likeness (QED) is 0.373. The van der Waals surface area contributed by atoms with Crippen LogP contribution in [0.5, 0.6) is 0 Å². The Balaban J connectivity index is 3.68. The van der Waals surface area contributed by atoms with E-state index >= 15 is 0 Å².